The van der Waals surface area contributed by atoms with E-state index >= 15 is 0 Å². The minimum absolute atomic E-state index is 0.0411. The third-order valence-electron chi connectivity index (χ3n) is 4.96. The molecule has 3 rings (SSSR count). The number of halogens is 6. The third kappa shape index (κ3) is 5.90. The Morgan fingerprint density at radius 2 is 1.97 bits per heavy atom. The van der Waals surface area contributed by atoms with Gasteiger partial charge in [0.1, 0.15) is 11.6 Å². The summed E-state index contributed by atoms with van der Waals surface area (Å²) < 4.78 is 56.7. The average molecular weight is 525 g/mol. The summed E-state index contributed by atoms with van der Waals surface area (Å²) in [5.41, 5.74) is -2.17. The molecular formula is C21H19BrClF4NO3. The molecule has 0 radical (unpaired) electrons. The topological polar surface area (TPSA) is 58.6 Å². The van der Waals surface area contributed by atoms with Crippen molar-refractivity contribution in [2.24, 2.45) is 0 Å². The van der Waals surface area contributed by atoms with Crippen molar-refractivity contribution >= 4 is 33.4 Å². The van der Waals surface area contributed by atoms with E-state index in [-0.39, 0.29) is 16.3 Å². The highest BCUT2D eigenvalue weighted by atomic mass is 79.9. The second-order valence-electron chi connectivity index (χ2n) is 7.76. The molecule has 4 nitrogen and oxygen atoms in total. The van der Waals surface area contributed by atoms with Gasteiger partial charge in [0.05, 0.1) is 17.6 Å². The third-order valence-corrected chi connectivity index (χ3v) is 5.84. The van der Waals surface area contributed by atoms with Crippen molar-refractivity contribution in [3.63, 3.8) is 0 Å². The first-order valence-corrected chi connectivity index (χ1v) is 10.5. The quantitative estimate of drug-likeness (QED) is 0.465. The molecule has 0 bridgehead atoms. The smallest absolute Gasteiger partial charge is 0.422 e. The van der Waals surface area contributed by atoms with Crippen LogP contribution in [-0.4, -0.2) is 23.8 Å². The number of amides is 1. The summed E-state index contributed by atoms with van der Waals surface area (Å²) in [6, 6.07) is 8.41. The van der Waals surface area contributed by atoms with Crippen LogP contribution in [0, 0.1) is 5.82 Å². The maximum atomic E-state index is 14.2. The fourth-order valence-corrected chi connectivity index (χ4v) is 4.42. The summed E-state index contributed by atoms with van der Waals surface area (Å²) in [5.74, 6) is -1.27. The van der Waals surface area contributed by atoms with Crippen LogP contribution < -0.4 is 10.1 Å². The summed E-state index contributed by atoms with van der Waals surface area (Å²) >= 11 is 9.22. The minimum Gasteiger partial charge on any atom is -0.484 e. The van der Waals surface area contributed by atoms with Gasteiger partial charge in [0.2, 0.25) is 5.91 Å². The van der Waals surface area contributed by atoms with Crippen molar-refractivity contribution in [2.45, 2.75) is 43.5 Å². The number of aliphatic hydroxyl groups is 1. The number of benzene rings is 2. The fourth-order valence-electron chi connectivity index (χ4n) is 3.42. The monoisotopic (exact) mass is 523 g/mol. The van der Waals surface area contributed by atoms with E-state index in [0.29, 0.717) is 22.9 Å². The zero-order chi connectivity index (χ0) is 23.0. The Kier molecular flexibility index (Phi) is 6.60. The molecule has 2 aromatic carbocycles. The molecule has 0 unspecified atom stereocenters. The van der Waals surface area contributed by atoms with Crippen LogP contribution in [0.1, 0.15) is 37.3 Å². The van der Waals surface area contributed by atoms with Crippen LogP contribution in [-0.2, 0) is 15.9 Å². The molecule has 10 heteroatoms. The lowest BCUT2D eigenvalue weighted by molar-refractivity contribution is -0.153. The van der Waals surface area contributed by atoms with E-state index in [1.807, 2.05) is 0 Å². The van der Waals surface area contributed by atoms with E-state index in [2.05, 4.69) is 21.2 Å². The van der Waals surface area contributed by atoms with Crippen molar-refractivity contribution < 1.29 is 32.2 Å². The predicted molar refractivity (Wildman–Crippen MR) is 110 cm³/mol. The molecule has 0 aliphatic heterocycles. The van der Waals surface area contributed by atoms with Crippen molar-refractivity contribution in [1.29, 1.82) is 0 Å². The van der Waals surface area contributed by atoms with Crippen molar-refractivity contribution in [1.82, 2.24) is 5.32 Å². The first kappa shape index (κ1) is 23.8. The van der Waals surface area contributed by atoms with Gasteiger partial charge in [0.25, 0.3) is 0 Å². The number of hydrogen-bond donors (Lipinski definition) is 2. The summed E-state index contributed by atoms with van der Waals surface area (Å²) in [5, 5.41) is 13.7. The number of carbonyl (C=O) groups excluding carboxylic acids is 1. The molecule has 168 valence electrons. The number of nitrogens with one attached hydrogen (secondary N) is 1. The first-order chi connectivity index (χ1) is 14.3. The van der Waals surface area contributed by atoms with Gasteiger partial charge < -0.3 is 15.2 Å². The molecule has 0 heterocycles. The second kappa shape index (κ2) is 8.60. The second-order valence-corrected chi connectivity index (χ2v) is 9.05. The Morgan fingerprint density at radius 1 is 1.29 bits per heavy atom. The van der Waals surface area contributed by atoms with E-state index in [1.54, 1.807) is 12.1 Å². The first-order valence-electron chi connectivity index (χ1n) is 9.30. The highest BCUT2D eigenvalue weighted by Crippen LogP contribution is 2.47. The molecule has 31 heavy (non-hydrogen) atoms. The summed E-state index contributed by atoms with van der Waals surface area (Å²) in [6.07, 6.45) is -3.86. The van der Waals surface area contributed by atoms with Crippen LogP contribution in [0.3, 0.4) is 0 Å². The SMILES string of the molecule is C[C@@](O)(CC(=O)NC1(c2cc(Cl)cc(OCC(F)(F)F)c2)CC1)c1c(F)cccc1Br. The van der Waals surface area contributed by atoms with Crippen LogP contribution in [0.5, 0.6) is 5.75 Å². The molecule has 0 saturated heterocycles. The molecule has 1 aliphatic rings. The molecule has 0 spiro atoms. The predicted octanol–water partition coefficient (Wildman–Crippen LogP) is 5.59. The molecule has 1 fully saturated rings. The van der Waals surface area contributed by atoms with Crippen LogP contribution in [0.2, 0.25) is 5.02 Å². The lowest BCUT2D eigenvalue weighted by Gasteiger charge is -2.27. The Balaban J connectivity index is 1.75. The summed E-state index contributed by atoms with van der Waals surface area (Å²) in [4.78, 5) is 12.7. The lowest BCUT2D eigenvalue weighted by Crippen LogP contribution is -2.39. The van der Waals surface area contributed by atoms with Gasteiger partial charge in [0.15, 0.2) is 6.61 Å². The lowest BCUT2D eigenvalue weighted by atomic mass is 9.91. The fraction of sp³-hybridized carbons (Fsp3) is 0.381. The molecule has 0 aromatic heterocycles. The average Bonchev–Trinajstić information content (AvgIpc) is 3.38. The van der Waals surface area contributed by atoms with Crippen LogP contribution >= 0.6 is 27.5 Å². The number of carbonyl (C=O) groups is 1. The van der Waals surface area contributed by atoms with Gasteiger partial charge in [-0.3, -0.25) is 4.79 Å². The largest absolute Gasteiger partial charge is 0.484 e. The number of alkyl halides is 3. The van der Waals surface area contributed by atoms with Gasteiger partial charge in [0, 0.05) is 15.1 Å². The van der Waals surface area contributed by atoms with E-state index in [0.717, 1.165) is 0 Å². The van der Waals surface area contributed by atoms with Crippen LogP contribution in [0.15, 0.2) is 40.9 Å². The number of rotatable bonds is 7. The Labute approximate surface area is 189 Å². The van der Waals surface area contributed by atoms with E-state index in [9.17, 15) is 27.5 Å². The molecule has 1 amide bonds. The van der Waals surface area contributed by atoms with Gasteiger partial charge in [-0.05, 0) is 55.7 Å². The number of hydrogen-bond acceptors (Lipinski definition) is 3. The van der Waals surface area contributed by atoms with Gasteiger partial charge in [-0.15, -0.1) is 0 Å². The van der Waals surface area contributed by atoms with Crippen molar-refractivity contribution in [3.8, 4) is 5.75 Å². The van der Waals surface area contributed by atoms with Gasteiger partial charge in [-0.25, -0.2) is 4.39 Å². The maximum absolute atomic E-state index is 14.2. The van der Waals surface area contributed by atoms with Gasteiger partial charge in [-0.1, -0.05) is 33.6 Å². The molecule has 1 saturated carbocycles. The van der Waals surface area contributed by atoms with Crippen LogP contribution in [0.4, 0.5) is 17.6 Å². The summed E-state index contributed by atoms with van der Waals surface area (Å²) in [6.45, 7) is -0.135. The summed E-state index contributed by atoms with van der Waals surface area (Å²) in [7, 11) is 0. The van der Waals surface area contributed by atoms with Gasteiger partial charge in [-0.2, -0.15) is 13.2 Å². The maximum Gasteiger partial charge on any atom is 0.422 e. The molecule has 1 atom stereocenters. The molecular weight excluding hydrogens is 506 g/mol. The van der Waals surface area contributed by atoms with Gasteiger partial charge >= 0.3 is 6.18 Å². The zero-order valence-corrected chi connectivity index (χ0v) is 18.7. The number of ether oxygens (including phenoxy) is 1. The highest BCUT2D eigenvalue weighted by Gasteiger charge is 2.47. The Bertz CT molecular complexity index is 973. The minimum atomic E-state index is -4.50. The molecule has 2 N–H and O–H groups in total. The van der Waals surface area contributed by atoms with Crippen LogP contribution in [0.25, 0.3) is 0 Å². The molecule has 2 aromatic rings. The molecule has 1 aliphatic carbocycles. The van der Waals surface area contributed by atoms with Crippen molar-refractivity contribution in [2.75, 3.05) is 6.61 Å². The normalized spacial score (nSPS) is 17.0. The zero-order valence-electron chi connectivity index (χ0n) is 16.3. The van der Waals surface area contributed by atoms with Crippen molar-refractivity contribution in [3.05, 3.63) is 62.8 Å². The van der Waals surface area contributed by atoms with E-state index in [1.165, 1.54) is 31.2 Å². The van der Waals surface area contributed by atoms with E-state index < -0.39 is 42.1 Å². The van der Waals surface area contributed by atoms with E-state index in [4.69, 9.17) is 16.3 Å². The Hall–Kier alpha value is -1.84. The Morgan fingerprint density at radius 3 is 2.55 bits per heavy atom. The highest BCUT2D eigenvalue weighted by molar-refractivity contribution is 9.10. The standard InChI is InChI=1S/C21H19BrClF4NO3/c1-19(30,18-15(22)3-2-4-16(18)24)10-17(29)28-20(5-6-20)12-7-13(23)9-14(8-12)31-11-21(25,26)27/h2-4,7-9,30H,5-6,10-11H2,1H3,(H,28,29)/t19-/m1/s1.